The third-order valence-electron chi connectivity index (χ3n) is 3.25. The predicted octanol–water partition coefficient (Wildman–Crippen LogP) is 0.360. The Kier molecular flexibility index (Phi) is 3.14. The van der Waals surface area contributed by atoms with E-state index in [0.717, 1.165) is 12.0 Å². The van der Waals surface area contributed by atoms with Gasteiger partial charge in [0.05, 0.1) is 0 Å². The Bertz CT molecular complexity index is 245. The third-order valence-corrected chi connectivity index (χ3v) is 3.25. The van der Waals surface area contributed by atoms with E-state index in [1.165, 1.54) is 32.4 Å². The standard InChI is InChI=1S/C11H22N4/c1-12-11(14(2)3)13-9-6-7-15(8-9)10-4-5-10/h9-10H,4-8H2,1-3H3,(H,12,13). The van der Waals surface area contributed by atoms with Gasteiger partial charge in [-0.3, -0.25) is 9.89 Å². The van der Waals surface area contributed by atoms with Crippen LogP contribution in [-0.2, 0) is 0 Å². The Balaban J connectivity index is 1.80. The molecule has 1 saturated carbocycles. The molecule has 15 heavy (non-hydrogen) atoms. The fourth-order valence-electron chi connectivity index (χ4n) is 2.25. The third kappa shape index (κ3) is 2.62. The van der Waals surface area contributed by atoms with Gasteiger partial charge in [0.25, 0.3) is 0 Å². The van der Waals surface area contributed by atoms with E-state index < -0.39 is 0 Å². The summed E-state index contributed by atoms with van der Waals surface area (Å²) in [6.45, 7) is 2.45. The van der Waals surface area contributed by atoms with Crippen molar-refractivity contribution in [1.29, 1.82) is 0 Å². The highest BCUT2D eigenvalue weighted by atomic mass is 15.3. The molecule has 2 rings (SSSR count). The lowest BCUT2D eigenvalue weighted by Gasteiger charge is -2.21. The topological polar surface area (TPSA) is 30.9 Å². The van der Waals surface area contributed by atoms with Gasteiger partial charge in [-0.1, -0.05) is 0 Å². The van der Waals surface area contributed by atoms with Crippen LogP contribution in [0.15, 0.2) is 4.99 Å². The maximum absolute atomic E-state index is 4.25. The van der Waals surface area contributed by atoms with Crippen LogP contribution in [0.25, 0.3) is 0 Å². The number of nitrogens with one attached hydrogen (secondary N) is 1. The van der Waals surface area contributed by atoms with Gasteiger partial charge in [0, 0.05) is 46.3 Å². The summed E-state index contributed by atoms with van der Waals surface area (Å²) >= 11 is 0. The summed E-state index contributed by atoms with van der Waals surface area (Å²) in [6, 6.07) is 1.49. The molecule has 0 aromatic heterocycles. The number of guanidine groups is 1. The molecule has 0 bridgehead atoms. The monoisotopic (exact) mass is 210 g/mol. The first-order valence-electron chi connectivity index (χ1n) is 5.85. The smallest absolute Gasteiger partial charge is 0.193 e. The molecule has 0 radical (unpaired) electrons. The molecule has 2 fully saturated rings. The van der Waals surface area contributed by atoms with Crippen molar-refractivity contribution in [3.8, 4) is 0 Å². The van der Waals surface area contributed by atoms with Crippen LogP contribution in [0, 0.1) is 0 Å². The minimum atomic E-state index is 0.590. The van der Waals surface area contributed by atoms with E-state index in [9.17, 15) is 0 Å². The van der Waals surface area contributed by atoms with Crippen molar-refractivity contribution >= 4 is 5.96 Å². The highest BCUT2D eigenvalue weighted by Crippen LogP contribution is 2.29. The Morgan fingerprint density at radius 2 is 2.07 bits per heavy atom. The summed E-state index contributed by atoms with van der Waals surface area (Å²) in [4.78, 5) is 8.90. The summed E-state index contributed by atoms with van der Waals surface area (Å²) < 4.78 is 0. The molecule has 1 saturated heterocycles. The lowest BCUT2D eigenvalue weighted by Crippen LogP contribution is -2.44. The lowest BCUT2D eigenvalue weighted by molar-refractivity contribution is 0.321. The van der Waals surface area contributed by atoms with Crippen molar-refractivity contribution in [3.63, 3.8) is 0 Å². The van der Waals surface area contributed by atoms with Gasteiger partial charge in [-0.2, -0.15) is 0 Å². The van der Waals surface area contributed by atoms with Crippen molar-refractivity contribution in [2.24, 2.45) is 4.99 Å². The van der Waals surface area contributed by atoms with Crippen LogP contribution in [0.1, 0.15) is 19.3 Å². The second kappa shape index (κ2) is 4.39. The molecular formula is C11H22N4. The second-order valence-electron chi connectivity index (χ2n) is 4.80. The molecule has 4 nitrogen and oxygen atoms in total. The van der Waals surface area contributed by atoms with E-state index in [2.05, 4.69) is 15.2 Å². The van der Waals surface area contributed by atoms with Crippen LogP contribution in [0.3, 0.4) is 0 Å². The van der Waals surface area contributed by atoms with Crippen molar-refractivity contribution in [3.05, 3.63) is 0 Å². The number of rotatable bonds is 2. The largest absolute Gasteiger partial charge is 0.352 e. The first-order valence-corrected chi connectivity index (χ1v) is 5.85. The summed E-state index contributed by atoms with van der Waals surface area (Å²) in [6.07, 6.45) is 4.08. The van der Waals surface area contributed by atoms with Crippen LogP contribution in [0.4, 0.5) is 0 Å². The van der Waals surface area contributed by atoms with E-state index in [-0.39, 0.29) is 0 Å². The molecule has 4 heteroatoms. The maximum Gasteiger partial charge on any atom is 0.193 e. The highest BCUT2D eigenvalue weighted by Gasteiger charge is 2.34. The van der Waals surface area contributed by atoms with Gasteiger partial charge in [-0.25, -0.2) is 0 Å². The fourth-order valence-corrected chi connectivity index (χ4v) is 2.25. The molecule has 1 unspecified atom stereocenters. The Morgan fingerprint density at radius 3 is 2.60 bits per heavy atom. The van der Waals surface area contributed by atoms with Crippen LogP contribution in [0.2, 0.25) is 0 Å². The Hall–Kier alpha value is -0.770. The number of nitrogens with zero attached hydrogens (tertiary/aromatic N) is 3. The summed E-state index contributed by atoms with van der Waals surface area (Å²) in [5.41, 5.74) is 0. The number of hydrogen-bond acceptors (Lipinski definition) is 2. The normalized spacial score (nSPS) is 28.2. The van der Waals surface area contributed by atoms with E-state index in [1.54, 1.807) is 0 Å². The van der Waals surface area contributed by atoms with Gasteiger partial charge in [-0.15, -0.1) is 0 Å². The quantitative estimate of drug-likeness (QED) is 0.527. The van der Waals surface area contributed by atoms with Gasteiger partial charge >= 0.3 is 0 Å². The molecule has 0 amide bonds. The van der Waals surface area contributed by atoms with Crippen LogP contribution in [-0.4, -0.2) is 62.1 Å². The maximum atomic E-state index is 4.25. The van der Waals surface area contributed by atoms with Gasteiger partial charge in [-0.05, 0) is 19.3 Å². The van der Waals surface area contributed by atoms with E-state index in [1.807, 2.05) is 26.0 Å². The molecule has 0 aromatic rings. The molecule has 1 heterocycles. The zero-order valence-corrected chi connectivity index (χ0v) is 10.0. The van der Waals surface area contributed by atoms with Gasteiger partial charge in [0.2, 0.25) is 0 Å². The van der Waals surface area contributed by atoms with Gasteiger partial charge in [0.15, 0.2) is 5.96 Å². The highest BCUT2D eigenvalue weighted by molar-refractivity contribution is 5.79. The molecular weight excluding hydrogens is 188 g/mol. The van der Waals surface area contributed by atoms with Crippen molar-refractivity contribution in [1.82, 2.24) is 15.1 Å². The zero-order chi connectivity index (χ0) is 10.8. The molecule has 1 aliphatic carbocycles. The Morgan fingerprint density at radius 1 is 1.33 bits per heavy atom. The minimum absolute atomic E-state index is 0.590. The van der Waals surface area contributed by atoms with Crippen molar-refractivity contribution in [2.75, 3.05) is 34.2 Å². The number of aliphatic imine (C=N–C) groups is 1. The molecule has 1 aliphatic heterocycles. The fraction of sp³-hybridized carbons (Fsp3) is 0.909. The average molecular weight is 210 g/mol. The number of likely N-dealkylation sites (tertiary alicyclic amines) is 1. The van der Waals surface area contributed by atoms with Gasteiger partial charge < -0.3 is 10.2 Å². The SMILES string of the molecule is CN=C(NC1CCN(C2CC2)C1)N(C)C. The number of hydrogen-bond donors (Lipinski definition) is 1. The van der Waals surface area contributed by atoms with E-state index in [0.29, 0.717) is 6.04 Å². The average Bonchev–Trinajstić information content (AvgIpc) is 2.95. The van der Waals surface area contributed by atoms with E-state index in [4.69, 9.17) is 0 Å². The predicted molar refractivity (Wildman–Crippen MR) is 63.2 cm³/mol. The second-order valence-corrected chi connectivity index (χ2v) is 4.80. The first kappa shape index (κ1) is 10.7. The molecule has 1 atom stereocenters. The van der Waals surface area contributed by atoms with Gasteiger partial charge in [0.1, 0.15) is 0 Å². The lowest BCUT2D eigenvalue weighted by atomic mass is 10.3. The van der Waals surface area contributed by atoms with Crippen LogP contribution < -0.4 is 5.32 Å². The summed E-state index contributed by atoms with van der Waals surface area (Å²) in [7, 11) is 5.90. The Labute approximate surface area is 92.3 Å². The zero-order valence-electron chi connectivity index (χ0n) is 10.0. The molecule has 0 aromatic carbocycles. The van der Waals surface area contributed by atoms with Crippen LogP contribution >= 0.6 is 0 Å². The summed E-state index contributed by atoms with van der Waals surface area (Å²) in [5, 5.41) is 3.51. The first-order chi connectivity index (χ1) is 7.20. The summed E-state index contributed by atoms with van der Waals surface area (Å²) in [5.74, 6) is 0.998. The molecule has 0 spiro atoms. The molecule has 2 aliphatic rings. The van der Waals surface area contributed by atoms with Crippen molar-refractivity contribution < 1.29 is 0 Å². The van der Waals surface area contributed by atoms with E-state index >= 15 is 0 Å². The molecule has 86 valence electrons. The van der Waals surface area contributed by atoms with Crippen molar-refractivity contribution in [2.45, 2.75) is 31.3 Å². The van der Waals surface area contributed by atoms with Crippen LogP contribution in [0.5, 0.6) is 0 Å². The minimum Gasteiger partial charge on any atom is -0.352 e. The molecule has 1 N–H and O–H groups in total.